The molecule has 0 radical (unpaired) electrons. The largest absolute Gasteiger partial charge is 0.480 e. The van der Waals surface area contributed by atoms with Crippen LogP contribution in [-0.2, 0) is 22.4 Å². The van der Waals surface area contributed by atoms with Crippen LogP contribution >= 0.6 is 0 Å². The van der Waals surface area contributed by atoms with Gasteiger partial charge < -0.3 is 21.1 Å². The first-order chi connectivity index (χ1) is 12.2. The van der Waals surface area contributed by atoms with Gasteiger partial charge in [0.2, 0.25) is 0 Å². The summed E-state index contributed by atoms with van der Waals surface area (Å²) in [6.45, 7) is 0. The summed E-state index contributed by atoms with van der Waals surface area (Å²) >= 11 is 0. The van der Waals surface area contributed by atoms with Gasteiger partial charge in [0.05, 0.1) is 0 Å². The van der Waals surface area contributed by atoms with Crippen LogP contribution in [0.4, 0.5) is 8.78 Å². The van der Waals surface area contributed by atoms with E-state index in [0.29, 0.717) is 5.56 Å². The minimum absolute atomic E-state index is 0.00435. The number of carboxylic acid groups (broad SMARTS) is 2. The molecule has 0 aliphatic rings. The molecular formula is C18H19F2NO5. The zero-order chi connectivity index (χ0) is 19.7. The Morgan fingerprint density at radius 1 is 0.808 bits per heavy atom. The minimum Gasteiger partial charge on any atom is -0.480 e. The maximum Gasteiger partial charge on any atom is 0.332 e. The SMILES string of the molecule is N[C@H](Cc1ccc(F)cc1)C(=O)O.O=C(O)[C@H](O)Cc1ccc(F)cc1. The minimum atomic E-state index is -1.43. The van der Waals surface area contributed by atoms with E-state index in [1.165, 1.54) is 48.5 Å². The van der Waals surface area contributed by atoms with Crippen LogP contribution in [0.1, 0.15) is 11.1 Å². The number of nitrogens with two attached hydrogens (primary N) is 1. The van der Waals surface area contributed by atoms with Crippen LogP contribution in [0.25, 0.3) is 0 Å². The molecule has 2 atom stereocenters. The Balaban J connectivity index is 0.000000260. The topological polar surface area (TPSA) is 121 Å². The van der Waals surface area contributed by atoms with Crippen molar-refractivity contribution in [3.63, 3.8) is 0 Å². The van der Waals surface area contributed by atoms with Crippen molar-refractivity contribution in [2.75, 3.05) is 0 Å². The molecule has 0 aliphatic heterocycles. The van der Waals surface area contributed by atoms with Gasteiger partial charge in [-0.3, -0.25) is 4.79 Å². The van der Waals surface area contributed by atoms with Gasteiger partial charge in [0, 0.05) is 6.42 Å². The third-order valence-corrected chi connectivity index (χ3v) is 3.31. The Morgan fingerprint density at radius 2 is 1.19 bits per heavy atom. The van der Waals surface area contributed by atoms with Gasteiger partial charge >= 0.3 is 11.9 Å². The number of carboxylic acids is 2. The number of aliphatic carboxylic acids is 2. The molecule has 140 valence electrons. The maximum atomic E-state index is 12.4. The average Bonchev–Trinajstić information content (AvgIpc) is 2.59. The second kappa shape index (κ2) is 10.2. The summed E-state index contributed by atoms with van der Waals surface area (Å²) in [5.74, 6) is -3.05. The van der Waals surface area contributed by atoms with Crippen molar-refractivity contribution in [2.24, 2.45) is 5.73 Å². The molecule has 2 aromatic rings. The van der Waals surface area contributed by atoms with Gasteiger partial charge in [0.1, 0.15) is 17.7 Å². The zero-order valence-electron chi connectivity index (χ0n) is 13.7. The number of aliphatic hydroxyl groups excluding tert-OH is 1. The fraction of sp³-hybridized carbons (Fsp3) is 0.222. The molecule has 2 rings (SSSR count). The van der Waals surface area contributed by atoms with E-state index in [1.807, 2.05) is 0 Å². The molecule has 0 amide bonds. The summed E-state index contributed by atoms with van der Waals surface area (Å²) in [6, 6.07) is 10.0. The van der Waals surface area contributed by atoms with Crippen molar-refractivity contribution in [3.8, 4) is 0 Å². The Kier molecular flexibility index (Phi) is 8.33. The van der Waals surface area contributed by atoms with Crippen molar-refractivity contribution < 1.29 is 33.7 Å². The van der Waals surface area contributed by atoms with Gasteiger partial charge in [0.25, 0.3) is 0 Å². The molecule has 0 fully saturated rings. The molecule has 0 saturated carbocycles. The summed E-state index contributed by atoms with van der Waals surface area (Å²) < 4.78 is 24.8. The Hall–Kier alpha value is -2.84. The van der Waals surface area contributed by atoms with Crippen LogP contribution in [0, 0.1) is 11.6 Å². The highest BCUT2D eigenvalue weighted by molar-refractivity contribution is 5.73. The summed E-state index contributed by atoms with van der Waals surface area (Å²) in [7, 11) is 0. The van der Waals surface area contributed by atoms with E-state index in [0.717, 1.165) is 5.56 Å². The van der Waals surface area contributed by atoms with Crippen molar-refractivity contribution in [1.82, 2.24) is 0 Å². The molecule has 0 spiro atoms. The number of carbonyl (C=O) groups is 2. The van der Waals surface area contributed by atoms with Crippen LogP contribution in [-0.4, -0.2) is 39.4 Å². The summed E-state index contributed by atoms with van der Waals surface area (Å²) in [5.41, 5.74) is 6.61. The Bertz CT molecular complexity index is 656. The summed E-state index contributed by atoms with van der Waals surface area (Å²) in [4.78, 5) is 20.6. The van der Waals surface area contributed by atoms with E-state index in [2.05, 4.69) is 0 Å². The van der Waals surface area contributed by atoms with Gasteiger partial charge in [-0.15, -0.1) is 0 Å². The number of rotatable bonds is 6. The van der Waals surface area contributed by atoms with Crippen LogP contribution in [0.5, 0.6) is 0 Å². The molecule has 0 unspecified atom stereocenters. The van der Waals surface area contributed by atoms with Crippen LogP contribution in [0.2, 0.25) is 0 Å². The zero-order valence-corrected chi connectivity index (χ0v) is 13.7. The van der Waals surface area contributed by atoms with Gasteiger partial charge in [-0.05, 0) is 41.8 Å². The quantitative estimate of drug-likeness (QED) is 0.615. The normalized spacial score (nSPS) is 12.5. The molecule has 0 aliphatic carbocycles. The number of hydrogen-bond acceptors (Lipinski definition) is 4. The lowest BCUT2D eigenvalue weighted by atomic mass is 10.1. The molecule has 0 saturated heterocycles. The van der Waals surface area contributed by atoms with Crippen LogP contribution in [0.3, 0.4) is 0 Å². The van der Waals surface area contributed by atoms with E-state index in [-0.39, 0.29) is 24.5 Å². The number of aliphatic hydroxyl groups is 1. The summed E-state index contributed by atoms with van der Waals surface area (Å²) in [6.07, 6.45) is -1.21. The Labute approximate surface area is 148 Å². The predicted molar refractivity (Wildman–Crippen MR) is 89.5 cm³/mol. The number of hydrogen-bond donors (Lipinski definition) is 4. The third-order valence-electron chi connectivity index (χ3n) is 3.31. The van der Waals surface area contributed by atoms with Crippen molar-refractivity contribution in [2.45, 2.75) is 25.0 Å². The standard InChI is InChI=1S/C9H10FNO2.C9H9FO3/c2*10-7-3-1-6(2-4-7)5-8(11)9(12)13/h1-4,8H,5,11H2,(H,12,13);1-4,8,11H,5H2,(H,12,13)/t2*8-/m11/s1. The molecule has 8 heteroatoms. The smallest absolute Gasteiger partial charge is 0.332 e. The van der Waals surface area contributed by atoms with E-state index < -0.39 is 24.1 Å². The molecule has 0 bridgehead atoms. The van der Waals surface area contributed by atoms with E-state index >= 15 is 0 Å². The van der Waals surface area contributed by atoms with Crippen molar-refractivity contribution >= 4 is 11.9 Å². The molecule has 0 heterocycles. The van der Waals surface area contributed by atoms with Gasteiger partial charge in [-0.25, -0.2) is 13.6 Å². The predicted octanol–water partition coefficient (Wildman–Crippen LogP) is 1.59. The van der Waals surface area contributed by atoms with E-state index in [4.69, 9.17) is 21.1 Å². The fourth-order valence-corrected chi connectivity index (χ4v) is 1.89. The molecule has 5 N–H and O–H groups in total. The van der Waals surface area contributed by atoms with E-state index in [1.54, 1.807) is 0 Å². The average molecular weight is 367 g/mol. The van der Waals surface area contributed by atoms with Gasteiger partial charge in [-0.2, -0.15) is 0 Å². The monoisotopic (exact) mass is 367 g/mol. The van der Waals surface area contributed by atoms with Gasteiger partial charge in [-0.1, -0.05) is 24.3 Å². The highest BCUT2D eigenvalue weighted by atomic mass is 19.1. The number of benzene rings is 2. The van der Waals surface area contributed by atoms with Crippen molar-refractivity contribution in [1.29, 1.82) is 0 Å². The highest BCUT2D eigenvalue weighted by Crippen LogP contribution is 2.06. The van der Waals surface area contributed by atoms with Crippen LogP contribution in [0.15, 0.2) is 48.5 Å². The fourth-order valence-electron chi connectivity index (χ4n) is 1.89. The first kappa shape index (κ1) is 21.2. The van der Waals surface area contributed by atoms with Crippen molar-refractivity contribution in [3.05, 3.63) is 71.3 Å². The van der Waals surface area contributed by atoms with Gasteiger partial charge in [0.15, 0.2) is 6.10 Å². The first-order valence-electron chi connectivity index (χ1n) is 7.57. The first-order valence-corrected chi connectivity index (χ1v) is 7.57. The second-order valence-electron chi connectivity index (χ2n) is 5.46. The lowest BCUT2D eigenvalue weighted by Crippen LogP contribution is -2.32. The molecule has 6 nitrogen and oxygen atoms in total. The van der Waals surface area contributed by atoms with Crippen LogP contribution < -0.4 is 5.73 Å². The summed E-state index contributed by atoms with van der Waals surface area (Å²) in [5, 5.41) is 25.8. The third kappa shape index (κ3) is 7.82. The second-order valence-corrected chi connectivity index (χ2v) is 5.46. The lowest BCUT2D eigenvalue weighted by Gasteiger charge is -2.05. The number of halogens is 2. The molecular weight excluding hydrogens is 348 g/mol. The molecule has 2 aromatic carbocycles. The molecule has 0 aromatic heterocycles. The lowest BCUT2D eigenvalue weighted by molar-refractivity contribution is -0.146. The molecule has 26 heavy (non-hydrogen) atoms. The Morgan fingerprint density at radius 3 is 1.54 bits per heavy atom. The highest BCUT2D eigenvalue weighted by Gasteiger charge is 2.13. The maximum absolute atomic E-state index is 12.4. The van der Waals surface area contributed by atoms with E-state index in [9.17, 15) is 18.4 Å².